The second-order valence-electron chi connectivity index (χ2n) is 5.73. The Morgan fingerprint density at radius 1 is 1.00 bits per heavy atom. The smallest absolute Gasteiger partial charge is 0.0376 e. The minimum atomic E-state index is 0.680. The third-order valence-electron chi connectivity index (χ3n) is 4.13. The van der Waals surface area contributed by atoms with Gasteiger partial charge in [0, 0.05) is 12.2 Å². The van der Waals surface area contributed by atoms with Crippen LogP contribution < -0.4 is 5.32 Å². The maximum Gasteiger partial charge on any atom is 0.0376 e. The quantitative estimate of drug-likeness (QED) is 0.799. The topological polar surface area (TPSA) is 12.0 Å². The Bertz CT molecular complexity index is 557. The zero-order chi connectivity index (χ0) is 13.2. The van der Waals surface area contributed by atoms with Crippen molar-refractivity contribution in [1.29, 1.82) is 0 Å². The molecular weight excluding hydrogens is 230 g/mol. The molecular formula is C18H21N. The number of hydrogen-bond donors (Lipinski definition) is 1. The van der Waals surface area contributed by atoms with E-state index < -0.39 is 0 Å². The summed E-state index contributed by atoms with van der Waals surface area (Å²) in [5, 5.41) is 3.53. The first kappa shape index (κ1) is 12.3. The van der Waals surface area contributed by atoms with Crippen LogP contribution in [-0.4, -0.2) is 6.54 Å². The van der Waals surface area contributed by atoms with Crippen LogP contribution in [0.3, 0.4) is 0 Å². The Morgan fingerprint density at radius 3 is 2.53 bits per heavy atom. The lowest BCUT2D eigenvalue weighted by Gasteiger charge is -2.30. The van der Waals surface area contributed by atoms with E-state index >= 15 is 0 Å². The van der Waals surface area contributed by atoms with Crippen LogP contribution in [0, 0.1) is 5.92 Å². The Balaban J connectivity index is 2.05. The minimum Gasteiger partial charge on any atom is -0.385 e. The van der Waals surface area contributed by atoms with Gasteiger partial charge in [0.15, 0.2) is 0 Å². The lowest BCUT2D eigenvalue weighted by molar-refractivity contribution is 0.469. The molecule has 1 atom stereocenters. The van der Waals surface area contributed by atoms with E-state index in [-0.39, 0.29) is 0 Å². The molecule has 3 rings (SSSR count). The number of hydrogen-bond acceptors (Lipinski definition) is 1. The summed E-state index contributed by atoms with van der Waals surface area (Å²) < 4.78 is 0. The van der Waals surface area contributed by atoms with Crippen LogP contribution in [-0.2, 0) is 0 Å². The van der Waals surface area contributed by atoms with Crippen molar-refractivity contribution < 1.29 is 0 Å². The normalized spacial score (nSPS) is 17.9. The predicted octanol–water partition coefficient (Wildman–Crippen LogP) is 4.91. The van der Waals surface area contributed by atoms with Crippen molar-refractivity contribution in [2.75, 3.05) is 11.9 Å². The first-order chi connectivity index (χ1) is 9.25. The lowest BCUT2D eigenvalue weighted by Crippen LogP contribution is -2.20. The predicted molar refractivity (Wildman–Crippen MR) is 82.6 cm³/mol. The summed E-state index contributed by atoms with van der Waals surface area (Å²) in [7, 11) is 0. The summed E-state index contributed by atoms with van der Waals surface area (Å²) in [4.78, 5) is 0. The van der Waals surface area contributed by atoms with E-state index in [1.54, 1.807) is 0 Å². The lowest BCUT2D eigenvalue weighted by atomic mass is 9.81. The van der Waals surface area contributed by atoms with Crippen LogP contribution >= 0.6 is 0 Å². The number of nitrogens with one attached hydrogen (secondary N) is 1. The molecule has 0 aromatic heterocycles. The van der Waals surface area contributed by atoms with E-state index in [1.807, 2.05) is 0 Å². The fourth-order valence-electron chi connectivity index (χ4n) is 3.05. The summed E-state index contributed by atoms with van der Waals surface area (Å²) in [6, 6.07) is 17.5. The van der Waals surface area contributed by atoms with Crippen LogP contribution in [0.4, 0.5) is 5.69 Å². The Hall–Kier alpha value is -1.76. The maximum absolute atomic E-state index is 3.53. The molecule has 98 valence electrons. The SMILES string of the molecule is CC(C)C1CCNc2ccc(-c3ccccc3)cc21. The number of fused-ring (bicyclic) bond motifs is 1. The molecule has 0 amide bonds. The van der Waals surface area contributed by atoms with Gasteiger partial charge >= 0.3 is 0 Å². The standard InChI is InChI=1S/C18H21N/c1-13(2)16-10-11-19-18-9-8-15(12-17(16)18)14-6-4-3-5-7-14/h3-9,12-13,16,19H,10-11H2,1-2H3. The van der Waals surface area contributed by atoms with Gasteiger partial charge in [-0.05, 0) is 47.1 Å². The summed E-state index contributed by atoms with van der Waals surface area (Å²) in [5.74, 6) is 1.38. The molecule has 0 bridgehead atoms. The van der Waals surface area contributed by atoms with E-state index in [1.165, 1.54) is 28.8 Å². The number of benzene rings is 2. The van der Waals surface area contributed by atoms with E-state index in [0.717, 1.165) is 6.54 Å². The van der Waals surface area contributed by atoms with Gasteiger partial charge in [-0.15, -0.1) is 0 Å². The van der Waals surface area contributed by atoms with Crippen LogP contribution in [0.5, 0.6) is 0 Å². The van der Waals surface area contributed by atoms with Crippen LogP contribution in [0.15, 0.2) is 48.5 Å². The Kier molecular flexibility index (Phi) is 3.29. The van der Waals surface area contributed by atoms with Crippen LogP contribution in [0.1, 0.15) is 31.7 Å². The summed E-state index contributed by atoms with van der Waals surface area (Å²) in [6.07, 6.45) is 1.24. The summed E-state index contributed by atoms with van der Waals surface area (Å²) >= 11 is 0. The van der Waals surface area contributed by atoms with E-state index in [4.69, 9.17) is 0 Å². The average molecular weight is 251 g/mol. The van der Waals surface area contributed by atoms with Gasteiger partial charge in [-0.1, -0.05) is 50.2 Å². The fraction of sp³-hybridized carbons (Fsp3) is 0.333. The van der Waals surface area contributed by atoms with Crippen molar-refractivity contribution in [2.45, 2.75) is 26.2 Å². The third kappa shape index (κ3) is 2.37. The molecule has 1 heteroatoms. The monoisotopic (exact) mass is 251 g/mol. The third-order valence-corrected chi connectivity index (χ3v) is 4.13. The minimum absolute atomic E-state index is 0.680. The molecule has 1 heterocycles. The van der Waals surface area contributed by atoms with Crippen molar-refractivity contribution in [2.24, 2.45) is 5.92 Å². The highest BCUT2D eigenvalue weighted by atomic mass is 14.9. The molecule has 1 unspecified atom stereocenters. The molecule has 2 aromatic rings. The molecule has 1 nitrogen and oxygen atoms in total. The molecule has 0 saturated carbocycles. The Morgan fingerprint density at radius 2 is 1.79 bits per heavy atom. The zero-order valence-corrected chi connectivity index (χ0v) is 11.7. The second kappa shape index (κ2) is 5.08. The molecule has 0 saturated heterocycles. The van der Waals surface area contributed by atoms with Gasteiger partial charge in [0.25, 0.3) is 0 Å². The molecule has 1 N–H and O–H groups in total. The molecule has 0 spiro atoms. The molecule has 19 heavy (non-hydrogen) atoms. The van der Waals surface area contributed by atoms with Gasteiger partial charge < -0.3 is 5.32 Å². The van der Waals surface area contributed by atoms with E-state index in [0.29, 0.717) is 11.8 Å². The van der Waals surface area contributed by atoms with Gasteiger partial charge in [-0.3, -0.25) is 0 Å². The van der Waals surface area contributed by atoms with E-state index in [9.17, 15) is 0 Å². The van der Waals surface area contributed by atoms with E-state index in [2.05, 4.69) is 67.7 Å². The van der Waals surface area contributed by atoms with Crippen molar-refractivity contribution in [3.05, 3.63) is 54.1 Å². The van der Waals surface area contributed by atoms with Crippen molar-refractivity contribution in [1.82, 2.24) is 0 Å². The maximum atomic E-state index is 3.53. The molecule has 0 fully saturated rings. The van der Waals surface area contributed by atoms with Crippen molar-refractivity contribution in [3.8, 4) is 11.1 Å². The number of rotatable bonds is 2. The Labute approximate surface area is 115 Å². The van der Waals surface area contributed by atoms with Crippen molar-refractivity contribution in [3.63, 3.8) is 0 Å². The van der Waals surface area contributed by atoms with Gasteiger partial charge in [0.05, 0.1) is 0 Å². The van der Waals surface area contributed by atoms with Gasteiger partial charge in [0.1, 0.15) is 0 Å². The fourth-order valence-corrected chi connectivity index (χ4v) is 3.05. The molecule has 2 aromatic carbocycles. The first-order valence-corrected chi connectivity index (χ1v) is 7.19. The van der Waals surface area contributed by atoms with Gasteiger partial charge in [0.2, 0.25) is 0 Å². The highest BCUT2D eigenvalue weighted by Crippen LogP contribution is 2.38. The van der Waals surface area contributed by atoms with Gasteiger partial charge in [-0.25, -0.2) is 0 Å². The molecule has 1 aliphatic rings. The molecule has 0 aliphatic carbocycles. The first-order valence-electron chi connectivity index (χ1n) is 7.19. The summed E-state index contributed by atoms with van der Waals surface area (Å²) in [6.45, 7) is 5.75. The van der Waals surface area contributed by atoms with Gasteiger partial charge in [-0.2, -0.15) is 0 Å². The highest BCUT2D eigenvalue weighted by Gasteiger charge is 2.22. The zero-order valence-electron chi connectivity index (χ0n) is 11.7. The second-order valence-corrected chi connectivity index (χ2v) is 5.73. The average Bonchev–Trinajstić information content (AvgIpc) is 2.47. The number of anilines is 1. The van der Waals surface area contributed by atoms with Crippen molar-refractivity contribution >= 4 is 5.69 Å². The largest absolute Gasteiger partial charge is 0.385 e. The van der Waals surface area contributed by atoms with Crippen LogP contribution in [0.25, 0.3) is 11.1 Å². The highest BCUT2D eigenvalue weighted by molar-refractivity contribution is 5.69. The summed E-state index contributed by atoms with van der Waals surface area (Å²) in [5.41, 5.74) is 5.44. The molecule has 0 radical (unpaired) electrons. The molecule has 1 aliphatic heterocycles. The van der Waals surface area contributed by atoms with Crippen LogP contribution in [0.2, 0.25) is 0 Å².